The van der Waals surface area contributed by atoms with E-state index in [4.69, 9.17) is 4.52 Å². The van der Waals surface area contributed by atoms with E-state index in [1.807, 2.05) is 35.2 Å². The second kappa shape index (κ2) is 8.50. The predicted octanol–water partition coefficient (Wildman–Crippen LogP) is 1.58. The molecule has 1 aliphatic heterocycles. The van der Waals surface area contributed by atoms with Crippen LogP contribution in [0.25, 0.3) is 0 Å². The quantitative estimate of drug-likeness (QED) is 0.685. The van der Waals surface area contributed by atoms with Gasteiger partial charge in [-0.25, -0.2) is 4.98 Å². The van der Waals surface area contributed by atoms with E-state index in [9.17, 15) is 9.59 Å². The molecule has 1 amide bonds. The minimum absolute atomic E-state index is 0.121. The molecular formula is C21H24N6O3. The van der Waals surface area contributed by atoms with Crippen LogP contribution in [0.15, 0.2) is 58.1 Å². The maximum atomic E-state index is 13.2. The average molecular weight is 408 g/mol. The third kappa shape index (κ3) is 4.11. The molecule has 1 saturated heterocycles. The molecule has 1 unspecified atom stereocenters. The smallest absolute Gasteiger partial charge is 0.293 e. The number of rotatable bonds is 5. The van der Waals surface area contributed by atoms with Gasteiger partial charge in [-0.1, -0.05) is 35.5 Å². The summed E-state index contributed by atoms with van der Waals surface area (Å²) in [5, 5.41) is 6.72. The number of hydrogen-bond acceptors (Lipinski definition) is 7. The molecule has 1 aromatic carbocycles. The third-order valence-corrected chi connectivity index (χ3v) is 5.22. The number of benzene rings is 1. The molecule has 4 rings (SSSR count). The molecule has 0 spiro atoms. The molecule has 2 aromatic heterocycles. The largest absolute Gasteiger partial charge is 0.360 e. The van der Waals surface area contributed by atoms with Crippen LogP contribution in [0.1, 0.15) is 17.4 Å². The molecule has 1 fully saturated rings. The van der Waals surface area contributed by atoms with Gasteiger partial charge in [0, 0.05) is 51.7 Å². The minimum Gasteiger partial charge on any atom is -0.360 e. The fraction of sp³-hybridized carbons (Fsp3) is 0.333. The van der Waals surface area contributed by atoms with Crippen molar-refractivity contribution in [3.8, 4) is 0 Å². The summed E-state index contributed by atoms with van der Waals surface area (Å²) in [7, 11) is 1.71. The predicted molar refractivity (Wildman–Crippen MR) is 112 cm³/mol. The summed E-state index contributed by atoms with van der Waals surface area (Å²) in [6.07, 6.45) is 3.27. The number of nitrogens with zero attached hydrogens (tertiary/aromatic N) is 5. The van der Waals surface area contributed by atoms with E-state index < -0.39 is 6.04 Å². The van der Waals surface area contributed by atoms with Gasteiger partial charge in [-0.05, 0) is 12.5 Å². The van der Waals surface area contributed by atoms with Crippen molar-refractivity contribution >= 4 is 17.5 Å². The highest BCUT2D eigenvalue weighted by Crippen LogP contribution is 2.25. The Morgan fingerprint density at radius 3 is 2.57 bits per heavy atom. The van der Waals surface area contributed by atoms with Crippen molar-refractivity contribution in [1.29, 1.82) is 0 Å². The van der Waals surface area contributed by atoms with Crippen molar-refractivity contribution in [3.05, 3.63) is 70.5 Å². The lowest BCUT2D eigenvalue weighted by Crippen LogP contribution is -2.51. The van der Waals surface area contributed by atoms with Crippen molar-refractivity contribution in [2.24, 2.45) is 7.05 Å². The van der Waals surface area contributed by atoms with Gasteiger partial charge >= 0.3 is 0 Å². The number of hydrogen-bond donors (Lipinski definition) is 1. The number of carbonyl (C=O) groups excluding carboxylic acids is 1. The highest BCUT2D eigenvalue weighted by atomic mass is 16.5. The van der Waals surface area contributed by atoms with Crippen molar-refractivity contribution in [3.63, 3.8) is 0 Å². The monoisotopic (exact) mass is 408 g/mol. The van der Waals surface area contributed by atoms with Crippen LogP contribution in [0.3, 0.4) is 0 Å². The number of nitrogens with one attached hydrogen (secondary N) is 1. The molecule has 1 aliphatic rings. The lowest BCUT2D eigenvalue weighted by molar-refractivity contribution is -0.121. The summed E-state index contributed by atoms with van der Waals surface area (Å²) < 4.78 is 6.58. The Bertz CT molecular complexity index is 1070. The first kappa shape index (κ1) is 19.8. The number of aryl methyl sites for hydroxylation is 2. The second-order valence-corrected chi connectivity index (χ2v) is 7.32. The fourth-order valence-corrected chi connectivity index (χ4v) is 3.68. The highest BCUT2D eigenvalue weighted by Gasteiger charge is 2.31. The van der Waals surface area contributed by atoms with Crippen LogP contribution in [0.4, 0.5) is 11.6 Å². The Morgan fingerprint density at radius 2 is 1.90 bits per heavy atom. The van der Waals surface area contributed by atoms with Crippen molar-refractivity contribution in [2.45, 2.75) is 13.0 Å². The number of piperazine rings is 1. The van der Waals surface area contributed by atoms with E-state index in [1.165, 1.54) is 4.57 Å². The summed E-state index contributed by atoms with van der Waals surface area (Å²) in [4.78, 5) is 33.9. The van der Waals surface area contributed by atoms with Gasteiger partial charge in [-0.2, -0.15) is 0 Å². The van der Waals surface area contributed by atoms with Gasteiger partial charge in [0.25, 0.3) is 5.56 Å². The van der Waals surface area contributed by atoms with Crippen LogP contribution in [0, 0.1) is 6.92 Å². The molecule has 3 aromatic rings. The topological polar surface area (TPSA) is 96.5 Å². The van der Waals surface area contributed by atoms with Crippen LogP contribution in [-0.2, 0) is 11.8 Å². The van der Waals surface area contributed by atoms with Gasteiger partial charge in [0.15, 0.2) is 11.6 Å². The Balaban J connectivity index is 1.53. The van der Waals surface area contributed by atoms with Crippen molar-refractivity contribution in [2.75, 3.05) is 36.4 Å². The summed E-state index contributed by atoms with van der Waals surface area (Å²) in [6, 6.07) is 10.9. The number of anilines is 2. The first-order chi connectivity index (χ1) is 14.5. The summed E-state index contributed by atoms with van der Waals surface area (Å²) in [6.45, 7) is 4.21. The first-order valence-corrected chi connectivity index (χ1v) is 9.82. The molecule has 9 heteroatoms. The van der Waals surface area contributed by atoms with Crippen LogP contribution in [0.5, 0.6) is 0 Å². The van der Waals surface area contributed by atoms with Crippen LogP contribution < -0.4 is 15.8 Å². The van der Waals surface area contributed by atoms with Crippen LogP contribution in [0.2, 0.25) is 0 Å². The molecule has 30 heavy (non-hydrogen) atoms. The fourth-order valence-electron chi connectivity index (χ4n) is 3.68. The van der Waals surface area contributed by atoms with E-state index in [0.29, 0.717) is 43.6 Å². The zero-order valence-corrected chi connectivity index (χ0v) is 17.0. The van der Waals surface area contributed by atoms with Gasteiger partial charge in [0.05, 0.1) is 0 Å². The van der Waals surface area contributed by atoms with E-state index in [1.54, 1.807) is 32.4 Å². The maximum Gasteiger partial charge on any atom is 0.293 e. The molecule has 9 nitrogen and oxygen atoms in total. The summed E-state index contributed by atoms with van der Waals surface area (Å²) in [5.74, 6) is 1.30. The molecule has 0 bridgehead atoms. The normalized spacial score (nSPS) is 15.7. The molecule has 1 atom stereocenters. The van der Waals surface area contributed by atoms with E-state index in [-0.39, 0.29) is 11.5 Å². The Labute approximate surface area is 173 Å². The molecule has 3 heterocycles. The summed E-state index contributed by atoms with van der Waals surface area (Å²) >= 11 is 0. The van der Waals surface area contributed by atoms with Gasteiger partial charge in [-0.15, -0.1) is 0 Å². The number of carbonyl (C=O) groups is 1. The first-order valence-electron chi connectivity index (χ1n) is 9.82. The summed E-state index contributed by atoms with van der Waals surface area (Å²) in [5.41, 5.74) is 0.780. The molecule has 0 radical (unpaired) electrons. The standard InChI is InChI=1S/C21H24N6O3/c1-15-14-17(24-30-15)23-20(28)18(16-6-4-3-5-7-16)26-10-12-27(13-11-26)19-21(29)25(2)9-8-22-19/h3-9,14,18H,10-13H2,1-2H3,(H,23,24,28). The third-order valence-electron chi connectivity index (χ3n) is 5.22. The van der Waals surface area contributed by atoms with Crippen molar-refractivity contribution < 1.29 is 9.32 Å². The number of aromatic nitrogens is 3. The maximum absolute atomic E-state index is 13.2. The average Bonchev–Trinajstić information content (AvgIpc) is 3.16. The van der Waals surface area contributed by atoms with Gasteiger partial charge < -0.3 is 19.3 Å². The Hall–Kier alpha value is -3.46. The molecule has 0 aliphatic carbocycles. The van der Waals surface area contributed by atoms with Crippen LogP contribution in [-0.4, -0.2) is 51.7 Å². The molecular weight excluding hydrogens is 384 g/mol. The Morgan fingerprint density at radius 1 is 1.17 bits per heavy atom. The van der Waals surface area contributed by atoms with Gasteiger partial charge in [0.2, 0.25) is 5.91 Å². The van der Waals surface area contributed by atoms with E-state index in [0.717, 1.165) is 5.56 Å². The van der Waals surface area contributed by atoms with E-state index >= 15 is 0 Å². The minimum atomic E-state index is -0.475. The molecule has 156 valence electrons. The zero-order chi connectivity index (χ0) is 21.1. The van der Waals surface area contributed by atoms with Gasteiger partial charge in [-0.3, -0.25) is 14.5 Å². The highest BCUT2D eigenvalue weighted by molar-refractivity contribution is 5.94. The van der Waals surface area contributed by atoms with Crippen molar-refractivity contribution in [1.82, 2.24) is 19.6 Å². The second-order valence-electron chi connectivity index (χ2n) is 7.32. The van der Waals surface area contributed by atoms with E-state index in [2.05, 4.69) is 20.4 Å². The molecule has 1 N–H and O–H groups in total. The molecule has 0 saturated carbocycles. The van der Waals surface area contributed by atoms with Gasteiger partial charge in [0.1, 0.15) is 11.8 Å². The Kier molecular flexibility index (Phi) is 5.62. The zero-order valence-electron chi connectivity index (χ0n) is 17.0. The lowest BCUT2D eigenvalue weighted by Gasteiger charge is -2.38. The number of amides is 1. The lowest BCUT2D eigenvalue weighted by atomic mass is 10.0. The van der Waals surface area contributed by atoms with Crippen LogP contribution >= 0.6 is 0 Å². The SMILES string of the molecule is Cc1cc(NC(=O)C(c2ccccc2)N2CCN(c3nccn(C)c3=O)CC2)no1.